The summed E-state index contributed by atoms with van der Waals surface area (Å²) in [6.45, 7) is 0. The van der Waals surface area contributed by atoms with E-state index in [0.717, 1.165) is 0 Å². The van der Waals surface area contributed by atoms with Gasteiger partial charge in [0.15, 0.2) is 0 Å². The lowest BCUT2D eigenvalue weighted by Gasteiger charge is -2.08. The highest BCUT2D eigenvalue weighted by Gasteiger charge is 2.10. The summed E-state index contributed by atoms with van der Waals surface area (Å²) < 4.78 is 6.81. The second kappa shape index (κ2) is 4.40. The summed E-state index contributed by atoms with van der Waals surface area (Å²) in [5, 5.41) is 10.7. The topological polar surface area (TPSA) is 55.7 Å². The van der Waals surface area contributed by atoms with Crippen LogP contribution in [0.2, 0.25) is 10.0 Å². The predicted octanol–water partition coefficient (Wildman–Crippen LogP) is 2.64. The van der Waals surface area contributed by atoms with Crippen LogP contribution in [0, 0.1) is 4.77 Å². The minimum Gasteiger partial charge on any atom is -0.495 e. The number of nitrogens with one attached hydrogen (secondary N) is 1. The fourth-order valence-electron chi connectivity index (χ4n) is 1.20. The van der Waals surface area contributed by atoms with E-state index >= 15 is 0 Å². The molecule has 0 fully saturated rings. The maximum absolute atomic E-state index is 6.04. The van der Waals surface area contributed by atoms with Gasteiger partial charge in [-0.05, 0) is 18.3 Å². The van der Waals surface area contributed by atoms with E-state index in [9.17, 15) is 0 Å². The number of H-pyrrole nitrogens is 1. The molecule has 0 saturated heterocycles. The summed E-state index contributed by atoms with van der Waals surface area (Å²) in [6.07, 6.45) is 0. The van der Waals surface area contributed by atoms with Crippen LogP contribution in [0.1, 0.15) is 0 Å². The molecule has 0 bridgehead atoms. The second-order valence-electron chi connectivity index (χ2n) is 2.86. The van der Waals surface area contributed by atoms with Crippen molar-refractivity contribution in [3.8, 4) is 11.4 Å². The maximum atomic E-state index is 6.04. The SMILES string of the molecule is COc1cc(-n2[nH]nnc2=S)c(Cl)cc1Cl. The summed E-state index contributed by atoms with van der Waals surface area (Å²) in [7, 11) is 1.52. The number of nitrogens with zero attached hydrogens (tertiary/aromatic N) is 3. The first kappa shape index (κ1) is 11.4. The number of benzene rings is 1. The van der Waals surface area contributed by atoms with Gasteiger partial charge in [-0.25, -0.2) is 4.68 Å². The smallest absolute Gasteiger partial charge is 0.242 e. The summed E-state index contributed by atoms with van der Waals surface area (Å²) in [6, 6.07) is 3.22. The van der Waals surface area contributed by atoms with Gasteiger partial charge in [0.2, 0.25) is 4.77 Å². The average Bonchev–Trinajstić information content (AvgIpc) is 2.65. The minimum atomic E-state index is 0.270. The van der Waals surface area contributed by atoms with Crippen molar-refractivity contribution in [3.63, 3.8) is 0 Å². The molecular weight excluding hydrogens is 271 g/mol. The normalized spacial score (nSPS) is 10.4. The summed E-state index contributed by atoms with van der Waals surface area (Å²) in [5.74, 6) is 0.498. The molecule has 8 heteroatoms. The van der Waals surface area contributed by atoms with E-state index < -0.39 is 0 Å². The van der Waals surface area contributed by atoms with Crippen molar-refractivity contribution in [1.29, 1.82) is 0 Å². The predicted molar refractivity (Wildman–Crippen MR) is 63.1 cm³/mol. The number of hydrogen-bond acceptors (Lipinski definition) is 4. The van der Waals surface area contributed by atoms with Crippen molar-refractivity contribution >= 4 is 35.4 Å². The largest absolute Gasteiger partial charge is 0.495 e. The van der Waals surface area contributed by atoms with E-state index in [4.69, 9.17) is 40.2 Å². The van der Waals surface area contributed by atoms with E-state index in [1.165, 1.54) is 11.8 Å². The third-order valence-electron chi connectivity index (χ3n) is 1.93. The van der Waals surface area contributed by atoms with Gasteiger partial charge in [0.25, 0.3) is 0 Å². The van der Waals surface area contributed by atoms with E-state index in [-0.39, 0.29) is 4.77 Å². The van der Waals surface area contributed by atoms with Crippen molar-refractivity contribution in [1.82, 2.24) is 20.2 Å². The first-order chi connectivity index (χ1) is 7.63. The Morgan fingerprint density at radius 2 is 2.12 bits per heavy atom. The van der Waals surface area contributed by atoms with Crippen LogP contribution in [0.5, 0.6) is 5.75 Å². The Bertz CT molecular complexity index is 580. The molecule has 0 aliphatic carbocycles. The standard InChI is InChI=1S/C8H6Cl2N4OS/c1-15-7-3-6(4(9)2-5(7)10)14-8(16)11-12-13-14/h2-3H,1H3,(H,11,13,16). The molecule has 0 unspecified atom stereocenters. The zero-order valence-electron chi connectivity index (χ0n) is 8.07. The number of aromatic amines is 1. The van der Waals surface area contributed by atoms with Gasteiger partial charge in [0.05, 0.1) is 22.8 Å². The molecular formula is C8H6Cl2N4OS. The minimum absolute atomic E-state index is 0.270. The van der Waals surface area contributed by atoms with Crippen LogP contribution in [-0.4, -0.2) is 27.3 Å². The number of hydrogen-bond donors (Lipinski definition) is 1. The molecule has 5 nitrogen and oxygen atoms in total. The highest BCUT2D eigenvalue weighted by Crippen LogP contribution is 2.32. The molecule has 0 aliphatic heterocycles. The summed E-state index contributed by atoms with van der Waals surface area (Å²) >= 11 is 16.9. The Labute approximate surface area is 106 Å². The molecule has 0 atom stereocenters. The van der Waals surface area contributed by atoms with Crippen molar-refractivity contribution in [3.05, 3.63) is 26.9 Å². The van der Waals surface area contributed by atoms with Gasteiger partial charge in [-0.1, -0.05) is 33.5 Å². The monoisotopic (exact) mass is 276 g/mol. The van der Waals surface area contributed by atoms with E-state index in [0.29, 0.717) is 21.5 Å². The van der Waals surface area contributed by atoms with E-state index in [1.807, 2.05) is 0 Å². The quantitative estimate of drug-likeness (QED) is 0.857. The molecule has 1 N–H and O–H groups in total. The zero-order valence-corrected chi connectivity index (χ0v) is 10.4. The first-order valence-electron chi connectivity index (χ1n) is 4.17. The van der Waals surface area contributed by atoms with Crippen LogP contribution in [-0.2, 0) is 0 Å². The zero-order chi connectivity index (χ0) is 11.7. The first-order valence-corrected chi connectivity index (χ1v) is 5.33. The lowest BCUT2D eigenvalue weighted by atomic mass is 10.3. The molecule has 16 heavy (non-hydrogen) atoms. The molecule has 84 valence electrons. The van der Waals surface area contributed by atoms with Gasteiger partial charge >= 0.3 is 0 Å². The van der Waals surface area contributed by atoms with Crippen LogP contribution in [0.4, 0.5) is 0 Å². The molecule has 0 aliphatic rings. The van der Waals surface area contributed by atoms with Gasteiger partial charge in [-0.3, -0.25) is 0 Å². The highest BCUT2D eigenvalue weighted by molar-refractivity contribution is 7.71. The van der Waals surface area contributed by atoms with Crippen LogP contribution in [0.15, 0.2) is 12.1 Å². The molecule has 1 aromatic carbocycles. The number of methoxy groups -OCH3 is 1. The van der Waals surface area contributed by atoms with Gasteiger partial charge in [0.1, 0.15) is 5.75 Å². The van der Waals surface area contributed by atoms with Crippen molar-refractivity contribution < 1.29 is 4.74 Å². The third kappa shape index (κ3) is 1.91. The Balaban J connectivity index is 2.66. The molecule has 2 rings (SSSR count). The van der Waals surface area contributed by atoms with Crippen molar-refractivity contribution in [2.24, 2.45) is 0 Å². The fraction of sp³-hybridized carbons (Fsp3) is 0.125. The molecule has 0 spiro atoms. The van der Waals surface area contributed by atoms with Crippen LogP contribution < -0.4 is 4.74 Å². The Kier molecular flexibility index (Phi) is 3.13. The number of ether oxygens (including phenoxy) is 1. The number of rotatable bonds is 2. The maximum Gasteiger partial charge on any atom is 0.242 e. The molecule has 1 aromatic heterocycles. The van der Waals surface area contributed by atoms with Gasteiger partial charge in [0, 0.05) is 6.07 Å². The summed E-state index contributed by atoms with van der Waals surface area (Å²) in [4.78, 5) is 0. The molecule has 0 radical (unpaired) electrons. The molecule has 0 saturated carbocycles. The van der Waals surface area contributed by atoms with Crippen molar-refractivity contribution in [2.75, 3.05) is 7.11 Å². The highest BCUT2D eigenvalue weighted by atomic mass is 35.5. The number of aromatic nitrogens is 4. The van der Waals surface area contributed by atoms with Crippen LogP contribution in [0.25, 0.3) is 5.69 Å². The number of tetrazole rings is 1. The van der Waals surface area contributed by atoms with Crippen LogP contribution >= 0.6 is 35.4 Å². The third-order valence-corrected chi connectivity index (χ3v) is 2.80. The van der Waals surface area contributed by atoms with Crippen LogP contribution in [0.3, 0.4) is 0 Å². The van der Waals surface area contributed by atoms with Gasteiger partial charge in [-0.15, -0.1) is 0 Å². The number of halogens is 2. The lowest BCUT2D eigenvalue weighted by molar-refractivity contribution is 0.414. The van der Waals surface area contributed by atoms with Crippen molar-refractivity contribution in [2.45, 2.75) is 0 Å². The van der Waals surface area contributed by atoms with E-state index in [1.54, 1.807) is 12.1 Å². The second-order valence-corrected chi connectivity index (χ2v) is 4.04. The summed E-state index contributed by atoms with van der Waals surface area (Å²) in [5.41, 5.74) is 0.581. The fourth-order valence-corrected chi connectivity index (χ4v) is 1.93. The average molecular weight is 277 g/mol. The Morgan fingerprint density at radius 3 is 2.69 bits per heavy atom. The Hall–Kier alpha value is -1.11. The molecule has 2 aromatic rings. The van der Waals surface area contributed by atoms with Gasteiger partial charge in [-0.2, -0.15) is 5.21 Å². The Morgan fingerprint density at radius 1 is 1.38 bits per heavy atom. The molecule has 1 heterocycles. The van der Waals surface area contributed by atoms with E-state index in [2.05, 4.69) is 15.5 Å². The lowest BCUT2D eigenvalue weighted by Crippen LogP contribution is -1.99. The van der Waals surface area contributed by atoms with Gasteiger partial charge < -0.3 is 4.74 Å². The molecule has 0 amide bonds.